The molecule has 1 aromatic heterocycles. The van der Waals surface area contributed by atoms with E-state index in [2.05, 4.69) is 21.6 Å². The van der Waals surface area contributed by atoms with Gasteiger partial charge in [0, 0.05) is 18.7 Å². The molecule has 4 nitrogen and oxygen atoms in total. The number of aromatic nitrogens is 2. The van der Waals surface area contributed by atoms with Gasteiger partial charge in [-0.1, -0.05) is 12.1 Å². The Labute approximate surface area is 100 Å². The van der Waals surface area contributed by atoms with Crippen LogP contribution in [0.2, 0.25) is 0 Å². The van der Waals surface area contributed by atoms with Crippen molar-refractivity contribution in [2.45, 2.75) is 32.2 Å². The molecule has 1 aromatic carbocycles. The van der Waals surface area contributed by atoms with Gasteiger partial charge in [-0.15, -0.1) is 10.2 Å². The molecule has 0 amide bonds. The minimum Gasteiger partial charge on any atom is -0.421 e. The predicted molar refractivity (Wildman–Crippen MR) is 65.7 cm³/mol. The van der Waals surface area contributed by atoms with E-state index in [4.69, 9.17) is 4.42 Å². The van der Waals surface area contributed by atoms with Gasteiger partial charge in [-0.3, -0.25) is 0 Å². The summed E-state index contributed by atoms with van der Waals surface area (Å²) in [7, 11) is 0. The van der Waals surface area contributed by atoms with Gasteiger partial charge in [0.05, 0.1) is 5.56 Å². The Hall–Kier alpha value is -1.84. The molecule has 0 saturated heterocycles. The lowest BCUT2D eigenvalue weighted by Crippen LogP contribution is -2.27. The summed E-state index contributed by atoms with van der Waals surface area (Å²) in [5.74, 6) is 1.18. The minimum atomic E-state index is 0.588. The number of benzene rings is 1. The molecule has 0 aliphatic heterocycles. The van der Waals surface area contributed by atoms with Crippen molar-refractivity contribution >= 4 is 5.69 Å². The molecular weight excluding hydrogens is 214 g/mol. The lowest BCUT2D eigenvalue weighted by Gasteiger charge is -2.28. The van der Waals surface area contributed by atoms with Crippen molar-refractivity contribution in [2.75, 3.05) is 5.32 Å². The summed E-state index contributed by atoms with van der Waals surface area (Å²) >= 11 is 0. The first-order chi connectivity index (χ1) is 8.33. The van der Waals surface area contributed by atoms with Gasteiger partial charge >= 0.3 is 0 Å². The van der Waals surface area contributed by atoms with Crippen LogP contribution in [0.1, 0.15) is 25.2 Å². The molecule has 1 aliphatic carbocycles. The lowest BCUT2D eigenvalue weighted by atomic mass is 9.92. The monoisotopic (exact) mass is 229 g/mol. The Morgan fingerprint density at radius 2 is 2.06 bits per heavy atom. The van der Waals surface area contributed by atoms with Crippen LogP contribution < -0.4 is 5.32 Å². The molecule has 88 valence electrons. The number of anilines is 1. The Morgan fingerprint density at radius 3 is 2.71 bits per heavy atom. The maximum Gasteiger partial charge on any atom is 0.249 e. The highest BCUT2D eigenvalue weighted by Gasteiger charge is 2.19. The molecule has 1 aliphatic rings. The highest BCUT2D eigenvalue weighted by atomic mass is 16.4. The summed E-state index contributed by atoms with van der Waals surface area (Å²) in [6, 6.07) is 8.68. The van der Waals surface area contributed by atoms with Crippen molar-refractivity contribution in [3.63, 3.8) is 0 Å². The zero-order chi connectivity index (χ0) is 11.7. The number of para-hydroxylation sites is 1. The Kier molecular flexibility index (Phi) is 2.55. The molecule has 0 atom stereocenters. The highest BCUT2D eigenvalue weighted by molar-refractivity contribution is 5.72. The zero-order valence-electron chi connectivity index (χ0n) is 9.81. The van der Waals surface area contributed by atoms with E-state index in [1.54, 1.807) is 6.92 Å². The van der Waals surface area contributed by atoms with E-state index in [-0.39, 0.29) is 0 Å². The molecule has 17 heavy (non-hydrogen) atoms. The second-order valence-corrected chi connectivity index (χ2v) is 4.44. The number of nitrogens with zero attached hydrogens (tertiary/aromatic N) is 2. The van der Waals surface area contributed by atoms with Crippen LogP contribution >= 0.6 is 0 Å². The molecule has 0 unspecified atom stereocenters. The third-order valence-electron chi connectivity index (χ3n) is 3.15. The van der Waals surface area contributed by atoms with Crippen LogP contribution in [0.5, 0.6) is 0 Å². The fourth-order valence-corrected chi connectivity index (χ4v) is 1.97. The van der Waals surface area contributed by atoms with Gasteiger partial charge in [0.15, 0.2) is 0 Å². The molecule has 0 bridgehead atoms. The van der Waals surface area contributed by atoms with Crippen LogP contribution in [0.3, 0.4) is 0 Å². The van der Waals surface area contributed by atoms with Crippen LogP contribution in [0.15, 0.2) is 28.7 Å². The Morgan fingerprint density at radius 1 is 1.24 bits per heavy atom. The van der Waals surface area contributed by atoms with Gasteiger partial charge in [-0.25, -0.2) is 0 Å². The number of hydrogen-bond acceptors (Lipinski definition) is 4. The smallest absolute Gasteiger partial charge is 0.249 e. The SMILES string of the molecule is Cc1nnc(-c2ccccc2NC2CCC2)o1. The molecule has 1 saturated carbocycles. The second kappa shape index (κ2) is 4.20. The first-order valence-corrected chi connectivity index (χ1v) is 5.99. The average Bonchev–Trinajstić information content (AvgIpc) is 2.71. The van der Waals surface area contributed by atoms with Gasteiger partial charge in [-0.2, -0.15) is 0 Å². The molecule has 0 radical (unpaired) electrons. The summed E-state index contributed by atoms with van der Waals surface area (Å²) in [5.41, 5.74) is 2.07. The Bertz CT molecular complexity index is 517. The summed E-state index contributed by atoms with van der Waals surface area (Å²) in [6.45, 7) is 1.80. The maximum absolute atomic E-state index is 5.48. The van der Waals surface area contributed by atoms with Crippen molar-refractivity contribution in [3.05, 3.63) is 30.2 Å². The quantitative estimate of drug-likeness (QED) is 0.879. The maximum atomic E-state index is 5.48. The zero-order valence-corrected chi connectivity index (χ0v) is 9.81. The van der Waals surface area contributed by atoms with Crippen molar-refractivity contribution < 1.29 is 4.42 Å². The van der Waals surface area contributed by atoms with Crippen molar-refractivity contribution in [2.24, 2.45) is 0 Å². The summed E-state index contributed by atoms with van der Waals surface area (Å²) in [4.78, 5) is 0. The molecule has 1 heterocycles. The first-order valence-electron chi connectivity index (χ1n) is 5.99. The van der Waals surface area contributed by atoms with E-state index >= 15 is 0 Å². The lowest BCUT2D eigenvalue weighted by molar-refractivity contribution is 0.445. The highest BCUT2D eigenvalue weighted by Crippen LogP contribution is 2.30. The van der Waals surface area contributed by atoms with Crippen LogP contribution in [-0.4, -0.2) is 16.2 Å². The predicted octanol–water partition coefficient (Wildman–Crippen LogP) is 3.01. The second-order valence-electron chi connectivity index (χ2n) is 4.44. The van der Waals surface area contributed by atoms with Crippen molar-refractivity contribution in [3.8, 4) is 11.5 Å². The molecule has 1 fully saturated rings. The van der Waals surface area contributed by atoms with E-state index in [1.165, 1.54) is 19.3 Å². The van der Waals surface area contributed by atoms with E-state index in [9.17, 15) is 0 Å². The van der Waals surface area contributed by atoms with Crippen molar-refractivity contribution in [1.29, 1.82) is 0 Å². The van der Waals surface area contributed by atoms with Gasteiger partial charge in [-0.05, 0) is 31.4 Å². The van der Waals surface area contributed by atoms with E-state index in [0.29, 0.717) is 17.8 Å². The molecule has 0 spiro atoms. The fraction of sp³-hybridized carbons (Fsp3) is 0.385. The number of rotatable bonds is 3. The van der Waals surface area contributed by atoms with Gasteiger partial charge < -0.3 is 9.73 Å². The first kappa shape index (κ1) is 10.3. The fourth-order valence-electron chi connectivity index (χ4n) is 1.97. The average molecular weight is 229 g/mol. The summed E-state index contributed by atoms with van der Waals surface area (Å²) < 4.78 is 5.48. The van der Waals surface area contributed by atoms with Gasteiger partial charge in [0.1, 0.15) is 0 Å². The molecular formula is C13H15N3O. The topological polar surface area (TPSA) is 51.0 Å². The van der Waals surface area contributed by atoms with Crippen molar-refractivity contribution in [1.82, 2.24) is 10.2 Å². The van der Waals surface area contributed by atoms with Gasteiger partial charge in [0.25, 0.3) is 0 Å². The Balaban J connectivity index is 1.92. The largest absolute Gasteiger partial charge is 0.421 e. The summed E-state index contributed by atoms with van der Waals surface area (Å²) in [6.07, 6.45) is 3.81. The van der Waals surface area contributed by atoms with E-state index in [1.807, 2.05) is 18.2 Å². The normalized spacial score (nSPS) is 15.6. The van der Waals surface area contributed by atoms with Gasteiger partial charge in [0.2, 0.25) is 11.8 Å². The van der Waals surface area contributed by atoms with Crippen LogP contribution in [-0.2, 0) is 0 Å². The molecule has 2 aromatic rings. The van der Waals surface area contributed by atoms with E-state index in [0.717, 1.165) is 11.3 Å². The minimum absolute atomic E-state index is 0.588. The standard InChI is InChI=1S/C13H15N3O/c1-9-15-16-13(17-9)11-7-2-3-8-12(11)14-10-5-4-6-10/h2-3,7-8,10,14H,4-6H2,1H3. The third kappa shape index (κ3) is 2.02. The van der Waals surface area contributed by atoms with Crippen LogP contribution in [0, 0.1) is 6.92 Å². The summed E-state index contributed by atoms with van der Waals surface area (Å²) in [5, 5.41) is 11.5. The molecule has 3 rings (SSSR count). The third-order valence-corrected chi connectivity index (χ3v) is 3.15. The number of hydrogen-bond donors (Lipinski definition) is 1. The van der Waals surface area contributed by atoms with E-state index < -0.39 is 0 Å². The number of aryl methyl sites for hydroxylation is 1. The van der Waals surface area contributed by atoms with Crippen LogP contribution in [0.4, 0.5) is 5.69 Å². The molecule has 1 N–H and O–H groups in total. The molecule has 4 heteroatoms. The van der Waals surface area contributed by atoms with Crippen LogP contribution in [0.25, 0.3) is 11.5 Å². The number of nitrogens with one attached hydrogen (secondary N) is 1.